The van der Waals surface area contributed by atoms with E-state index < -0.39 is 9.84 Å². The summed E-state index contributed by atoms with van der Waals surface area (Å²) in [5.41, 5.74) is 2.75. The highest BCUT2D eigenvalue weighted by Crippen LogP contribution is 2.26. The zero-order valence-corrected chi connectivity index (χ0v) is 17.5. The Bertz CT molecular complexity index is 791. The molecule has 0 aromatic heterocycles. The van der Waals surface area contributed by atoms with Crippen molar-refractivity contribution in [3.05, 3.63) is 35.4 Å². The number of nitrogens with zero attached hydrogens (tertiary/aromatic N) is 2. The number of hydrogen-bond acceptors (Lipinski definition) is 5. The van der Waals surface area contributed by atoms with Gasteiger partial charge in [0.1, 0.15) is 0 Å². The average Bonchev–Trinajstić information content (AvgIpc) is 2.95. The molecule has 1 aromatic carbocycles. The summed E-state index contributed by atoms with van der Waals surface area (Å²) in [6, 6.07) is 8.68. The third-order valence-corrected chi connectivity index (χ3v) is 8.09. The van der Waals surface area contributed by atoms with Crippen molar-refractivity contribution in [1.82, 2.24) is 9.80 Å². The van der Waals surface area contributed by atoms with Crippen molar-refractivity contribution in [2.45, 2.75) is 38.1 Å². The van der Waals surface area contributed by atoms with E-state index in [0.29, 0.717) is 17.4 Å². The van der Waals surface area contributed by atoms with Crippen molar-refractivity contribution in [1.29, 1.82) is 0 Å². The lowest BCUT2D eigenvalue weighted by atomic mass is 9.94. The number of likely N-dealkylation sites (tertiary alicyclic amines) is 1. The fourth-order valence-electron chi connectivity index (χ4n) is 4.72. The van der Waals surface area contributed by atoms with Gasteiger partial charge < -0.3 is 10.0 Å². The molecule has 3 aliphatic rings. The zero-order valence-electron chi connectivity index (χ0n) is 16.7. The number of rotatable bonds is 2. The minimum Gasteiger partial charge on any atom is -0.483 e. The van der Waals surface area contributed by atoms with E-state index in [4.69, 9.17) is 9.90 Å². The molecule has 0 bridgehead atoms. The van der Waals surface area contributed by atoms with Crippen molar-refractivity contribution < 1.29 is 23.1 Å². The smallest absolute Gasteiger partial charge is 0.290 e. The van der Waals surface area contributed by atoms with E-state index in [-0.39, 0.29) is 18.4 Å². The van der Waals surface area contributed by atoms with Crippen LogP contribution in [0.15, 0.2) is 24.3 Å². The van der Waals surface area contributed by atoms with Crippen LogP contribution in [0.4, 0.5) is 0 Å². The molecular weight excluding hydrogens is 392 g/mol. The topological polar surface area (TPSA) is 95.0 Å². The number of carbonyl (C=O) groups excluding carboxylic acids is 1. The van der Waals surface area contributed by atoms with E-state index in [2.05, 4.69) is 34.1 Å². The van der Waals surface area contributed by atoms with Crippen LogP contribution < -0.4 is 0 Å². The summed E-state index contributed by atoms with van der Waals surface area (Å²) in [5, 5.41) is 6.89. The summed E-state index contributed by atoms with van der Waals surface area (Å²) in [6.07, 6.45) is 4.37. The van der Waals surface area contributed by atoms with Gasteiger partial charge in [-0.15, -0.1) is 0 Å². The largest absolute Gasteiger partial charge is 0.483 e. The highest BCUT2D eigenvalue weighted by molar-refractivity contribution is 7.91. The molecule has 0 radical (unpaired) electrons. The van der Waals surface area contributed by atoms with Crippen molar-refractivity contribution in [2.75, 3.05) is 37.7 Å². The molecule has 3 heterocycles. The predicted molar refractivity (Wildman–Crippen MR) is 110 cm³/mol. The maximum absolute atomic E-state index is 13.0. The van der Waals surface area contributed by atoms with Crippen molar-refractivity contribution >= 4 is 22.2 Å². The summed E-state index contributed by atoms with van der Waals surface area (Å²) in [7, 11) is -2.84. The lowest BCUT2D eigenvalue weighted by Gasteiger charge is -2.36. The molecule has 1 aromatic rings. The maximum atomic E-state index is 13.0. The lowest BCUT2D eigenvalue weighted by Crippen LogP contribution is -2.46. The van der Waals surface area contributed by atoms with Gasteiger partial charge in [0, 0.05) is 25.0 Å². The first-order chi connectivity index (χ1) is 13.9. The Kier molecular flexibility index (Phi) is 7.29. The van der Waals surface area contributed by atoms with Crippen LogP contribution in [-0.2, 0) is 32.3 Å². The summed E-state index contributed by atoms with van der Waals surface area (Å²) >= 11 is 0. The van der Waals surface area contributed by atoms with Gasteiger partial charge in [0.15, 0.2) is 9.84 Å². The van der Waals surface area contributed by atoms with Gasteiger partial charge in [-0.25, -0.2) is 8.42 Å². The lowest BCUT2D eigenvalue weighted by molar-refractivity contribution is -0.137. The molecule has 1 N–H and O–H groups in total. The van der Waals surface area contributed by atoms with Gasteiger partial charge in [-0.1, -0.05) is 24.3 Å². The molecule has 8 heteroatoms. The van der Waals surface area contributed by atoms with Crippen LogP contribution in [0.1, 0.15) is 30.4 Å². The summed E-state index contributed by atoms with van der Waals surface area (Å²) in [5.74, 6) is 1.03. The molecular formula is C21H30N2O5S. The van der Waals surface area contributed by atoms with Gasteiger partial charge in [0.2, 0.25) is 5.91 Å². The molecule has 7 nitrogen and oxygen atoms in total. The fraction of sp³-hybridized carbons (Fsp3) is 0.619. The van der Waals surface area contributed by atoms with E-state index >= 15 is 0 Å². The second kappa shape index (κ2) is 9.71. The van der Waals surface area contributed by atoms with Crippen LogP contribution >= 0.6 is 0 Å². The molecule has 2 fully saturated rings. The van der Waals surface area contributed by atoms with E-state index in [9.17, 15) is 13.2 Å². The third kappa shape index (κ3) is 5.57. The molecule has 0 spiro atoms. The van der Waals surface area contributed by atoms with Gasteiger partial charge in [-0.05, 0) is 56.3 Å². The molecule has 1 atom stereocenters. The molecule has 0 aliphatic carbocycles. The van der Waals surface area contributed by atoms with Crippen LogP contribution in [0.2, 0.25) is 0 Å². The molecule has 160 valence electrons. The standard InChI is InChI=1S/C20H28N2O3S.CH2O2/c23-20(22-12-5-16-3-1-2-4-17(16)6-13-22)18-7-10-21(11-8-18)19-9-14-26(24,25)15-19;2-1-3/h1-4,18-19H,5-15H2;1H,(H,2,3). The first-order valence-electron chi connectivity index (χ1n) is 10.3. The summed E-state index contributed by atoms with van der Waals surface area (Å²) in [4.78, 5) is 25.7. The Labute approximate surface area is 172 Å². The Balaban J connectivity index is 0.000000755. The molecule has 4 rings (SSSR count). The summed E-state index contributed by atoms with van der Waals surface area (Å²) < 4.78 is 23.4. The van der Waals surface area contributed by atoms with Crippen LogP contribution in [0.3, 0.4) is 0 Å². The van der Waals surface area contributed by atoms with Gasteiger partial charge in [-0.3, -0.25) is 14.5 Å². The molecule has 0 saturated carbocycles. The van der Waals surface area contributed by atoms with Gasteiger partial charge >= 0.3 is 0 Å². The summed E-state index contributed by atoms with van der Waals surface area (Å²) in [6.45, 7) is 3.09. The average molecular weight is 423 g/mol. The quantitative estimate of drug-likeness (QED) is 0.720. The number of piperidine rings is 1. The number of carbonyl (C=O) groups is 2. The first-order valence-corrected chi connectivity index (χ1v) is 12.1. The number of fused-ring (bicyclic) bond motifs is 1. The normalized spacial score (nSPS) is 24.7. The van der Waals surface area contributed by atoms with E-state index in [1.54, 1.807) is 0 Å². The Morgan fingerprint density at radius 2 is 1.55 bits per heavy atom. The van der Waals surface area contributed by atoms with Gasteiger partial charge in [-0.2, -0.15) is 0 Å². The monoisotopic (exact) mass is 422 g/mol. The minimum absolute atomic E-state index is 0.102. The van der Waals surface area contributed by atoms with Crippen LogP contribution in [0.25, 0.3) is 0 Å². The SMILES string of the molecule is O=C(C1CCN(C2CCS(=O)(=O)C2)CC1)N1CCc2ccccc2CC1.O=CO. The zero-order chi connectivity index (χ0) is 20.9. The van der Waals surface area contributed by atoms with E-state index in [1.165, 1.54) is 11.1 Å². The van der Waals surface area contributed by atoms with Crippen LogP contribution in [-0.4, -0.2) is 79.4 Å². The number of benzene rings is 1. The highest BCUT2D eigenvalue weighted by atomic mass is 32.2. The Morgan fingerprint density at radius 3 is 2.03 bits per heavy atom. The fourth-order valence-corrected chi connectivity index (χ4v) is 6.48. The Hall–Kier alpha value is -1.93. The molecule has 29 heavy (non-hydrogen) atoms. The maximum Gasteiger partial charge on any atom is 0.290 e. The van der Waals surface area contributed by atoms with Crippen LogP contribution in [0, 0.1) is 5.92 Å². The molecule has 1 unspecified atom stereocenters. The van der Waals surface area contributed by atoms with Crippen LogP contribution in [0.5, 0.6) is 0 Å². The van der Waals surface area contributed by atoms with Crippen molar-refractivity contribution in [3.8, 4) is 0 Å². The Morgan fingerprint density at radius 1 is 1.00 bits per heavy atom. The molecule has 2 saturated heterocycles. The molecule has 1 amide bonds. The number of sulfone groups is 1. The second-order valence-corrected chi connectivity index (χ2v) is 10.3. The number of hydrogen-bond donors (Lipinski definition) is 1. The highest BCUT2D eigenvalue weighted by Gasteiger charge is 2.36. The van der Waals surface area contributed by atoms with E-state index in [0.717, 1.165) is 58.3 Å². The third-order valence-electron chi connectivity index (χ3n) is 6.34. The first kappa shape index (κ1) is 21.8. The van der Waals surface area contributed by atoms with E-state index in [1.807, 2.05) is 0 Å². The van der Waals surface area contributed by atoms with Gasteiger partial charge in [0.25, 0.3) is 6.47 Å². The van der Waals surface area contributed by atoms with Crippen molar-refractivity contribution in [2.24, 2.45) is 5.92 Å². The second-order valence-electron chi connectivity index (χ2n) is 8.07. The van der Waals surface area contributed by atoms with Crippen molar-refractivity contribution in [3.63, 3.8) is 0 Å². The van der Waals surface area contributed by atoms with Gasteiger partial charge in [0.05, 0.1) is 11.5 Å². The molecule has 3 aliphatic heterocycles. The predicted octanol–water partition coefficient (Wildman–Crippen LogP) is 1.21. The number of amides is 1. The minimum atomic E-state index is -2.84. The number of carboxylic acid groups (broad SMARTS) is 1.